The van der Waals surface area contributed by atoms with Crippen LogP contribution in [-0.4, -0.2) is 162 Å². The number of nitrogens with two attached hydrogens (primary N) is 4. The molecule has 30 heteroatoms. The van der Waals surface area contributed by atoms with Crippen LogP contribution >= 0.6 is 0 Å². The van der Waals surface area contributed by atoms with Crippen LogP contribution in [0, 0.1) is 21.6 Å². The van der Waals surface area contributed by atoms with Crippen molar-refractivity contribution >= 4 is 119 Å². The van der Waals surface area contributed by atoms with E-state index in [1.807, 2.05) is 15.9 Å². The van der Waals surface area contributed by atoms with Gasteiger partial charge in [-0.15, -0.1) is 6.58 Å². The molecule has 0 spiro atoms. The number of carbonyl (C=O) groups is 10. The molecule has 11 rings (SSSR count). The molecule has 0 radical (unpaired) electrons. The standard InChI is InChI=1S/C29H29N3O5.C26H29N3O5.2C24H27N3O3.CO2/c1-3-36-27(33)19-32(24-7-5-4-6-8-24)28(34)20(2)17-21-9-13-23(14-10-21)29(35)37-25-15-11-22(12-16-25)18-26(30)31;1-4-14-29(17-24(30)33-5-2)25(31)18(3)15-19-6-10-21(11-7-19)26(32)34-22-12-8-20(9-13-22)16-23(27)28;1-17-4-2-3-15-27(17)23(28)14-9-18-5-10-20(11-6-18)24(29)30-21-12-7-19(8-13-21)16-22(25)26;1-2-20-4-3-15-27(20)23(28)14-9-17-5-10-19(11-6-17)24(29)30-21-12-7-18(8-13-21)16-22(25)26;2-1-3/h4-17H,3,18-19H2,1-2H3,(H3,30,31);4,6-13,15H,1,5,14,16-17H2,2-3H3,(H3,27,28);5-14,17H,2-4,15-16H2,1H3,(H3,25,26);5-14,20H,2-4,15-16H2,1H3,(H3,25,26);/b20-17+;18-15+;2*14-9+;. The van der Waals surface area contributed by atoms with E-state index in [4.69, 9.17) is 82.6 Å². The van der Waals surface area contributed by atoms with Crippen molar-refractivity contribution in [3.8, 4) is 23.0 Å². The second-order valence-electron chi connectivity index (χ2n) is 30.8. The highest BCUT2D eigenvalue weighted by atomic mass is 16.6. The second-order valence-corrected chi connectivity index (χ2v) is 30.8. The average Bonchev–Trinajstić information content (AvgIpc) is 1.50. The van der Waals surface area contributed by atoms with Crippen molar-refractivity contribution in [1.29, 1.82) is 21.6 Å². The van der Waals surface area contributed by atoms with E-state index in [-0.39, 0.29) is 92.0 Å². The number of amidine groups is 4. The van der Waals surface area contributed by atoms with E-state index >= 15 is 0 Å². The molecule has 12 N–H and O–H groups in total. The van der Waals surface area contributed by atoms with Crippen LogP contribution in [0.25, 0.3) is 24.3 Å². The summed E-state index contributed by atoms with van der Waals surface area (Å²) in [5.74, 6) is -1.62. The van der Waals surface area contributed by atoms with Gasteiger partial charge in [0.15, 0.2) is 0 Å². The third kappa shape index (κ3) is 35.9. The van der Waals surface area contributed by atoms with E-state index < -0.39 is 35.8 Å². The van der Waals surface area contributed by atoms with Gasteiger partial charge in [-0.3, -0.25) is 55.3 Å². The number of ether oxygens (including phenoxy) is 6. The lowest BCUT2D eigenvalue weighted by atomic mass is 10.0. The Kier molecular flexibility index (Phi) is 42.9. The van der Waals surface area contributed by atoms with E-state index in [9.17, 15) is 47.9 Å². The predicted molar refractivity (Wildman–Crippen MR) is 513 cm³/mol. The minimum atomic E-state index is -0.521. The van der Waals surface area contributed by atoms with E-state index in [0.717, 1.165) is 78.6 Å². The average molecular weight is 1820 g/mol. The van der Waals surface area contributed by atoms with E-state index in [0.29, 0.717) is 105 Å². The number of benzene rings is 9. The van der Waals surface area contributed by atoms with Crippen LogP contribution in [0.2, 0.25) is 0 Å². The molecule has 696 valence electrons. The van der Waals surface area contributed by atoms with Crippen LogP contribution in [0.3, 0.4) is 0 Å². The molecule has 0 bridgehead atoms. The lowest BCUT2D eigenvalue weighted by Crippen LogP contribution is -2.41. The molecule has 9 aromatic rings. The van der Waals surface area contributed by atoms with Gasteiger partial charge in [-0.05, 0) is 251 Å². The lowest BCUT2D eigenvalue weighted by Gasteiger charge is -2.32. The van der Waals surface area contributed by atoms with Crippen molar-refractivity contribution in [2.75, 3.05) is 50.8 Å². The van der Waals surface area contributed by atoms with Crippen LogP contribution in [0.4, 0.5) is 5.69 Å². The number of likely N-dealkylation sites (tertiary alicyclic amines) is 2. The van der Waals surface area contributed by atoms with E-state index in [1.165, 1.54) is 16.2 Å². The van der Waals surface area contributed by atoms with Crippen molar-refractivity contribution in [2.45, 2.75) is 118 Å². The van der Waals surface area contributed by atoms with Gasteiger partial charge in [0.1, 0.15) is 36.1 Å². The fraction of sp³-hybridized carbons (Fsp3) is 0.240. The number of nitrogens with zero attached hydrogens (tertiary/aromatic N) is 4. The Balaban J connectivity index is 0.000000242. The zero-order valence-electron chi connectivity index (χ0n) is 75.7. The monoisotopic (exact) mass is 1820 g/mol. The van der Waals surface area contributed by atoms with Crippen LogP contribution in [-0.2, 0) is 73.5 Å². The highest BCUT2D eigenvalue weighted by Crippen LogP contribution is 2.26. The molecule has 2 aliphatic rings. The largest absolute Gasteiger partial charge is 0.465 e. The van der Waals surface area contributed by atoms with Gasteiger partial charge in [0, 0.05) is 86.4 Å². The van der Waals surface area contributed by atoms with Crippen LogP contribution in [0.5, 0.6) is 23.0 Å². The first-order valence-electron chi connectivity index (χ1n) is 43.2. The number of amides is 4. The summed E-state index contributed by atoms with van der Waals surface area (Å²) in [4.78, 5) is 147. The molecule has 2 fully saturated rings. The first-order chi connectivity index (χ1) is 64.3. The van der Waals surface area contributed by atoms with Crippen LogP contribution < -0.4 is 46.8 Å². The first kappa shape index (κ1) is 105. The molecule has 9 aromatic carbocycles. The molecule has 2 aliphatic heterocycles. The molecule has 2 unspecified atom stereocenters. The third-order valence-electron chi connectivity index (χ3n) is 20.4. The van der Waals surface area contributed by atoms with Crippen LogP contribution in [0.1, 0.15) is 166 Å². The SMILES string of the molecule is C=CCN(CC(=O)OCC)C(=O)/C(C)=C/c1ccc(C(=O)Oc2ccc(CC(=N)N)cc2)cc1.CC1CCCCN1C(=O)/C=C/c1ccc(C(=O)Oc2ccc(CC(=N)N)cc2)cc1.CCC1CCCN1C(=O)/C=C/c1ccc(C(=O)Oc2ccc(CC(=N)N)cc2)cc1.CCOC(=O)CN(C(=O)/C(C)=C/c1ccc(C(=O)Oc2ccc(CC(=N)N)cc2)cc1)c1ccccc1.O=C=O. The summed E-state index contributed by atoms with van der Waals surface area (Å²) in [6.07, 6.45) is 19.7. The van der Waals surface area contributed by atoms with Gasteiger partial charge >= 0.3 is 42.0 Å². The fourth-order valence-corrected chi connectivity index (χ4v) is 13.7. The molecule has 0 saturated carbocycles. The van der Waals surface area contributed by atoms with E-state index in [1.54, 1.807) is 289 Å². The van der Waals surface area contributed by atoms with Gasteiger partial charge in [0.05, 0.1) is 58.8 Å². The van der Waals surface area contributed by atoms with E-state index in [2.05, 4.69) is 20.4 Å². The Morgan fingerprint density at radius 3 is 1.08 bits per heavy atom. The highest BCUT2D eigenvalue weighted by molar-refractivity contribution is 6.10. The maximum atomic E-state index is 13.2. The van der Waals surface area contributed by atoms with Crippen molar-refractivity contribution in [3.63, 3.8) is 0 Å². The zero-order valence-corrected chi connectivity index (χ0v) is 75.7. The highest BCUT2D eigenvalue weighted by Gasteiger charge is 2.27. The number of carbonyl (C=O) groups excluding carboxylic acids is 12. The maximum Gasteiger partial charge on any atom is 0.373 e. The number of rotatable bonds is 34. The van der Waals surface area contributed by atoms with Crippen molar-refractivity contribution in [3.05, 3.63) is 327 Å². The topological polar surface area (TPSA) is 473 Å². The lowest BCUT2D eigenvalue weighted by molar-refractivity contribution is -0.192. The van der Waals surface area contributed by atoms with Gasteiger partial charge in [0.2, 0.25) is 17.7 Å². The Morgan fingerprint density at radius 2 is 0.754 bits per heavy atom. The number of esters is 6. The Bertz CT molecular complexity index is 5580. The van der Waals surface area contributed by atoms with Gasteiger partial charge in [-0.2, -0.15) is 9.59 Å². The number of piperidine rings is 1. The molecule has 30 nitrogen and oxygen atoms in total. The van der Waals surface area contributed by atoms with Crippen molar-refractivity contribution < 1.29 is 86.0 Å². The van der Waals surface area contributed by atoms with Gasteiger partial charge in [-0.25, -0.2) is 19.2 Å². The maximum absolute atomic E-state index is 13.2. The summed E-state index contributed by atoms with van der Waals surface area (Å²) in [5.41, 5.74) is 31.1. The first-order valence-corrected chi connectivity index (χ1v) is 43.2. The summed E-state index contributed by atoms with van der Waals surface area (Å²) in [6, 6.07) is 64.1. The summed E-state index contributed by atoms with van der Waals surface area (Å²) >= 11 is 0. The zero-order chi connectivity index (χ0) is 97.6. The Hall–Kier alpha value is -16.4. The summed E-state index contributed by atoms with van der Waals surface area (Å²) in [6.45, 7) is 16.5. The predicted octanol–water partition coefficient (Wildman–Crippen LogP) is 14.8. The molecule has 4 amide bonds. The smallest absolute Gasteiger partial charge is 0.373 e. The molecular formula is C104H112N12O18. The Morgan fingerprint density at radius 1 is 0.425 bits per heavy atom. The number of para-hydroxylation sites is 1. The number of hydrogen-bond donors (Lipinski definition) is 8. The number of nitrogens with one attached hydrogen (secondary N) is 4. The molecule has 134 heavy (non-hydrogen) atoms. The summed E-state index contributed by atoms with van der Waals surface area (Å²) in [7, 11) is 0. The Labute approximate surface area is 778 Å². The minimum Gasteiger partial charge on any atom is -0.465 e. The molecule has 2 atom stereocenters. The number of anilines is 1. The third-order valence-corrected chi connectivity index (χ3v) is 20.4. The molecule has 2 heterocycles. The summed E-state index contributed by atoms with van der Waals surface area (Å²) in [5, 5.41) is 29.3. The summed E-state index contributed by atoms with van der Waals surface area (Å²) < 4.78 is 31.5. The normalized spacial score (nSPS) is 13.1. The van der Waals surface area contributed by atoms with Crippen molar-refractivity contribution in [2.24, 2.45) is 22.9 Å². The minimum absolute atomic E-state index is 0.0268. The molecule has 0 aliphatic carbocycles. The quantitative estimate of drug-likeness (QED) is 0.00464. The van der Waals surface area contributed by atoms with Gasteiger partial charge < -0.3 is 66.1 Å². The molecule has 2 saturated heterocycles. The molecule has 0 aromatic heterocycles. The van der Waals surface area contributed by atoms with Crippen LogP contribution in [0.15, 0.2) is 260 Å². The fourth-order valence-electron chi connectivity index (χ4n) is 13.7. The molecular weight excluding hydrogens is 1710 g/mol. The van der Waals surface area contributed by atoms with Gasteiger partial charge in [0.25, 0.3) is 5.91 Å². The second kappa shape index (κ2) is 54.8. The van der Waals surface area contributed by atoms with Crippen molar-refractivity contribution in [1.82, 2.24) is 14.7 Å². The number of hydrogen-bond acceptors (Lipinski definition) is 22. The van der Waals surface area contributed by atoms with Gasteiger partial charge in [-0.1, -0.05) is 128 Å².